The van der Waals surface area contributed by atoms with E-state index >= 15 is 0 Å². The van der Waals surface area contributed by atoms with Gasteiger partial charge in [0, 0.05) is 16.5 Å². The van der Waals surface area contributed by atoms with Gasteiger partial charge in [-0.25, -0.2) is 4.79 Å². The number of rotatable bonds is 3. The molecule has 0 radical (unpaired) electrons. The number of ketones is 1. The van der Waals surface area contributed by atoms with Crippen molar-refractivity contribution in [2.45, 2.75) is 59.0 Å². The molecule has 0 unspecified atom stereocenters. The summed E-state index contributed by atoms with van der Waals surface area (Å²) >= 11 is 0. The van der Waals surface area contributed by atoms with Gasteiger partial charge < -0.3 is 9.15 Å². The molecule has 0 amide bonds. The lowest BCUT2D eigenvalue weighted by molar-refractivity contribution is -0.122. The van der Waals surface area contributed by atoms with Crippen molar-refractivity contribution in [1.82, 2.24) is 0 Å². The number of carbonyl (C=O) groups excluding carboxylic acids is 1. The lowest BCUT2D eigenvalue weighted by atomic mass is 9.98. The fourth-order valence-electron chi connectivity index (χ4n) is 3.20. The molecule has 1 atom stereocenters. The fraction of sp³-hybridized carbons (Fsp3) is 0.474. The monoisotopic (exact) mass is 314 g/mol. The minimum absolute atomic E-state index is 0.0344. The average molecular weight is 314 g/mol. The molecule has 3 rings (SSSR count). The number of benzene rings is 1. The van der Waals surface area contributed by atoms with Crippen LogP contribution in [0.25, 0.3) is 11.0 Å². The Morgan fingerprint density at radius 2 is 1.87 bits per heavy atom. The molecule has 0 spiro atoms. The summed E-state index contributed by atoms with van der Waals surface area (Å²) < 4.78 is 11.3. The van der Waals surface area contributed by atoms with Gasteiger partial charge in [0.1, 0.15) is 11.3 Å². The molecular formula is C19H22O4. The van der Waals surface area contributed by atoms with Gasteiger partial charge in [-0.05, 0) is 64.2 Å². The Morgan fingerprint density at radius 3 is 2.57 bits per heavy atom. The van der Waals surface area contributed by atoms with Gasteiger partial charge in [0.15, 0.2) is 11.9 Å². The topological polar surface area (TPSA) is 56.5 Å². The van der Waals surface area contributed by atoms with Gasteiger partial charge in [-0.15, -0.1) is 0 Å². The Hall–Kier alpha value is -2.10. The molecule has 0 bridgehead atoms. The molecule has 122 valence electrons. The number of Topliss-reactive ketones (excluding diaryl/α,β-unsaturated/α-hetero) is 1. The predicted octanol–water partition coefficient (Wildman–Crippen LogP) is 3.73. The van der Waals surface area contributed by atoms with E-state index in [4.69, 9.17) is 9.15 Å². The van der Waals surface area contributed by atoms with Crippen molar-refractivity contribution in [2.24, 2.45) is 0 Å². The van der Waals surface area contributed by atoms with Crippen LogP contribution < -0.4 is 10.4 Å². The molecule has 0 N–H and O–H groups in total. The quantitative estimate of drug-likeness (QED) is 0.640. The van der Waals surface area contributed by atoms with E-state index in [0.29, 0.717) is 11.3 Å². The van der Waals surface area contributed by atoms with E-state index in [1.54, 1.807) is 6.92 Å². The maximum absolute atomic E-state index is 12.4. The van der Waals surface area contributed by atoms with Gasteiger partial charge in [-0.3, -0.25) is 4.79 Å². The average Bonchev–Trinajstić information content (AvgIpc) is 2.77. The van der Waals surface area contributed by atoms with E-state index in [1.165, 1.54) is 6.92 Å². The zero-order valence-electron chi connectivity index (χ0n) is 13.9. The van der Waals surface area contributed by atoms with Gasteiger partial charge in [-0.1, -0.05) is 6.42 Å². The van der Waals surface area contributed by atoms with Crippen LogP contribution in [0.3, 0.4) is 0 Å². The lowest BCUT2D eigenvalue weighted by Crippen LogP contribution is -2.21. The van der Waals surface area contributed by atoms with Gasteiger partial charge >= 0.3 is 5.63 Å². The normalized spacial score (nSPS) is 15.8. The largest absolute Gasteiger partial charge is 0.483 e. The molecule has 0 aliphatic heterocycles. The smallest absolute Gasteiger partial charge is 0.339 e. The van der Waals surface area contributed by atoms with Gasteiger partial charge in [0.05, 0.1) is 0 Å². The Kier molecular flexibility index (Phi) is 4.24. The molecule has 0 fully saturated rings. The van der Waals surface area contributed by atoms with Crippen LogP contribution in [0, 0.1) is 6.92 Å². The van der Waals surface area contributed by atoms with Gasteiger partial charge in [0.2, 0.25) is 0 Å². The highest BCUT2D eigenvalue weighted by molar-refractivity contribution is 5.86. The van der Waals surface area contributed by atoms with Crippen molar-refractivity contribution in [3.8, 4) is 5.75 Å². The van der Waals surface area contributed by atoms with E-state index in [0.717, 1.165) is 54.2 Å². The number of ether oxygens (including phenoxy) is 1. The third kappa shape index (κ3) is 2.90. The summed E-state index contributed by atoms with van der Waals surface area (Å²) in [6.07, 6.45) is 4.49. The van der Waals surface area contributed by atoms with Crippen molar-refractivity contribution in [2.75, 3.05) is 0 Å². The first-order valence-corrected chi connectivity index (χ1v) is 8.24. The Bertz CT molecular complexity index is 816. The summed E-state index contributed by atoms with van der Waals surface area (Å²) in [4.78, 5) is 23.8. The van der Waals surface area contributed by atoms with Crippen molar-refractivity contribution in [3.05, 3.63) is 39.2 Å². The molecule has 4 heteroatoms. The molecule has 1 aromatic heterocycles. The van der Waals surface area contributed by atoms with Crippen LogP contribution >= 0.6 is 0 Å². The molecule has 1 heterocycles. The Morgan fingerprint density at radius 1 is 1.17 bits per heavy atom. The first kappa shape index (κ1) is 15.8. The van der Waals surface area contributed by atoms with E-state index in [9.17, 15) is 9.59 Å². The first-order valence-electron chi connectivity index (χ1n) is 8.24. The molecular weight excluding hydrogens is 292 g/mol. The maximum atomic E-state index is 12.4. The fourth-order valence-corrected chi connectivity index (χ4v) is 3.20. The van der Waals surface area contributed by atoms with Crippen molar-refractivity contribution in [1.29, 1.82) is 0 Å². The van der Waals surface area contributed by atoms with Crippen molar-refractivity contribution >= 4 is 16.8 Å². The van der Waals surface area contributed by atoms with E-state index in [-0.39, 0.29) is 11.4 Å². The summed E-state index contributed by atoms with van der Waals surface area (Å²) in [7, 11) is 0. The zero-order valence-corrected chi connectivity index (χ0v) is 13.9. The molecule has 1 aliphatic carbocycles. The van der Waals surface area contributed by atoms with E-state index in [1.807, 2.05) is 19.1 Å². The predicted molar refractivity (Wildman–Crippen MR) is 89.3 cm³/mol. The highest BCUT2D eigenvalue weighted by Crippen LogP contribution is 2.32. The summed E-state index contributed by atoms with van der Waals surface area (Å²) in [5.41, 5.74) is 3.10. The van der Waals surface area contributed by atoms with Crippen LogP contribution in [-0.4, -0.2) is 11.9 Å². The van der Waals surface area contributed by atoms with E-state index < -0.39 is 6.10 Å². The molecule has 0 saturated carbocycles. The molecule has 4 nitrogen and oxygen atoms in total. The number of aryl methyl sites for hydroxylation is 2. The van der Waals surface area contributed by atoms with Crippen molar-refractivity contribution in [3.63, 3.8) is 0 Å². The summed E-state index contributed by atoms with van der Waals surface area (Å²) in [5, 5.41) is 1.00. The van der Waals surface area contributed by atoms with Crippen LogP contribution in [0.15, 0.2) is 21.3 Å². The second-order valence-corrected chi connectivity index (χ2v) is 6.34. The standard InChI is InChI=1S/C19H22O4/c1-11-17(22-13(3)12(2)20)10-9-15-14-7-5-4-6-8-16(14)19(21)23-18(11)15/h9-10,13H,4-8H2,1-3H3/t13-/m1/s1. The summed E-state index contributed by atoms with van der Waals surface area (Å²) in [5.74, 6) is 0.560. The van der Waals surface area contributed by atoms with Crippen LogP contribution in [0.4, 0.5) is 0 Å². The summed E-state index contributed by atoms with van der Waals surface area (Å²) in [6.45, 7) is 5.09. The van der Waals surface area contributed by atoms with Crippen LogP contribution in [0.5, 0.6) is 5.75 Å². The Balaban J connectivity index is 2.15. The molecule has 0 saturated heterocycles. The highest BCUT2D eigenvalue weighted by atomic mass is 16.5. The number of hydrogen-bond acceptors (Lipinski definition) is 4. The molecule has 2 aromatic rings. The van der Waals surface area contributed by atoms with Crippen LogP contribution in [0.2, 0.25) is 0 Å². The first-order chi connectivity index (χ1) is 11.0. The third-order valence-electron chi connectivity index (χ3n) is 4.72. The lowest BCUT2D eigenvalue weighted by Gasteiger charge is -2.16. The highest BCUT2D eigenvalue weighted by Gasteiger charge is 2.20. The van der Waals surface area contributed by atoms with E-state index in [2.05, 4.69) is 0 Å². The second kappa shape index (κ2) is 6.19. The SMILES string of the molecule is CC(=O)[C@@H](C)Oc1ccc2c3c(c(=O)oc2c1C)CCCCC3. The zero-order chi connectivity index (χ0) is 16.6. The minimum atomic E-state index is -0.515. The van der Waals surface area contributed by atoms with Crippen molar-refractivity contribution < 1.29 is 13.9 Å². The Labute approximate surface area is 135 Å². The molecule has 1 aliphatic rings. The number of carbonyl (C=O) groups is 1. The van der Waals surface area contributed by atoms with Gasteiger partial charge in [0.25, 0.3) is 0 Å². The number of fused-ring (bicyclic) bond motifs is 3. The maximum Gasteiger partial charge on any atom is 0.339 e. The summed E-state index contributed by atoms with van der Waals surface area (Å²) in [6, 6.07) is 3.83. The third-order valence-corrected chi connectivity index (χ3v) is 4.72. The number of hydrogen-bond donors (Lipinski definition) is 0. The van der Waals surface area contributed by atoms with Crippen LogP contribution in [0.1, 0.15) is 49.8 Å². The second-order valence-electron chi connectivity index (χ2n) is 6.34. The van der Waals surface area contributed by atoms with Crippen LogP contribution in [-0.2, 0) is 17.6 Å². The minimum Gasteiger partial charge on any atom is -0.483 e. The molecule has 23 heavy (non-hydrogen) atoms. The van der Waals surface area contributed by atoms with Gasteiger partial charge in [-0.2, -0.15) is 0 Å². The molecule has 1 aromatic carbocycles.